The van der Waals surface area contributed by atoms with Gasteiger partial charge in [-0.1, -0.05) is 6.07 Å². The van der Waals surface area contributed by atoms with E-state index in [4.69, 9.17) is 10.5 Å². The van der Waals surface area contributed by atoms with Crippen molar-refractivity contribution in [2.24, 2.45) is 0 Å². The molecular weight excluding hydrogens is 372 g/mol. The molecule has 0 fully saturated rings. The number of amides is 1. The number of rotatable bonds is 5. The van der Waals surface area contributed by atoms with Crippen molar-refractivity contribution in [3.63, 3.8) is 0 Å². The van der Waals surface area contributed by atoms with Crippen LogP contribution in [0.2, 0.25) is 0 Å². The summed E-state index contributed by atoms with van der Waals surface area (Å²) in [6, 6.07) is 14.8. The smallest absolute Gasteiger partial charge is 0.267 e. The third kappa shape index (κ3) is 3.52. The van der Waals surface area contributed by atoms with Gasteiger partial charge in [-0.25, -0.2) is 4.98 Å². The van der Waals surface area contributed by atoms with Crippen molar-refractivity contribution in [2.45, 2.75) is 6.92 Å². The summed E-state index contributed by atoms with van der Waals surface area (Å²) in [5, 5.41) is 3.65. The summed E-state index contributed by atoms with van der Waals surface area (Å²) in [5.74, 6) is 0.438. The van der Waals surface area contributed by atoms with E-state index in [-0.39, 0.29) is 5.91 Å². The maximum Gasteiger partial charge on any atom is 0.267 e. The Balaban J connectivity index is 1.64. The fourth-order valence-electron chi connectivity index (χ4n) is 2.87. The minimum Gasteiger partial charge on any atom is -0.494 e. The Bertz CT molecular complexity index is 1140. The molecule has 3 N–H and O–H groups in total. The molecule has 7 heteroatoms. The van der Waals surface area contributed by atoms with Crippen LogP contribution in [0.5, 0.6) is 5.75 Å². The molecule has 140 valence electrons. The maximum absolute atomic E-state index is 12.8. The summed E-state index contributed by atoms with van der Waals surface area (Å²) in [6.45, 7) is 2.47. The van der Waals surface area contributed by atoms with Crippen molar-refractivity contribution < 1.29 is 9.53 Å². The van der Waals surface area contributed by atoms with Gasteiger partial charge in [0.1, 0.15) is 15.5 Å². The predicted octanol–water partition coefficient (Wildman–Crippen LogP) is 4.59. The number of benzene rings is 1. The molecule has 0 aliphatic carbocycles. The van der Waals surface area contributed by atoms with Gasteiger partial charge in [-0.05, 0) is 43.3 Å². The molecule has 0 spiro atoms. The number of hydrogen-bond acceptors (Lipinski definition) is 6. The zero-order chi connectivity index (χ0) is 19.5. The van der Waals surface area contributed by atoms with E-state index in [0.717, 1.165) is 21.5 Å². The van der Waals surface area contributed by atoms with E-state index in [0.29, 0.717) is 28.6 Å². The van der Waals surface area contributed by atoms with Crippen molar-refractivity contribution >= 4 is 38.8 Å². The first-order valence-electron chi connectivity index (χ1n) is 8.79. The van der Waals surface area contributed by atoms with E-state index in [9.17, 15) is 4.79 Å². The van der Waals surface area contributed by atoms with E-state index in [1.807, 2.05) is 49.4 Å². The Kier molecular flexibility index (Phi) is 4.90. The second-order valence-electron chi connectivity index (χ2n) is 6.04. The summed E-state index contributed by atoms with van der Waals surface area (Å²) in [6.07, 6.45) is 3.44. The van der Waals surface area contributed by atoms with Gasteiger partial charge in [0.05, 0.1) is 18.0 Å². The number of pyridine rings is 2. The molecule has 0 saturated heterocycles. The van der Waals surface area contributed by atoms with Gasteiger partial charge in [0, 0.05) is 35.1 Å². The number of aromatic nitrogens is 2. The molecule has 3 aromatic heterocycles. The number of anilines is 2. The van der Waals surface area contributed by atoms with Crippen LogP contribution in [0, 0.1) is 0 Å². The van der Waals surface area contributed by atoms with Crippen LogP contribution in [0.15, 0.2) is 60.9 Å². The number of nitrogen functional groups attached to an aromatic ring is 1. The van der Waals surface area contributed by atoms with Crippen molar-refractivity contribution in [3.05, 3.63) is 65.8 Å². The lowest BCUT2D eigenvalue weighted by Crippen LogP contribution is -2.12. The molecule has 0 saturated carbocycles. The highest BCUT2D eigenvalue weighted by atomic mass is 32.1. The van der Waals surface area contributed by atoms with E-state index in [2.05, 4.69) is 15.3 Å². The highest BCUT2D eigenvalue weighted by Crippen LogP contribution is 2.34. The Morgan fingerprint density at radius 2 is 2.00 bits per heavy atom. The first kappa shape index (κ1) is 17.9. The number of carbonyl (C=O) groups excluding carboxylic acids is 1. The standard InChI is InChI=1S/C21H18N4O2S/c1-2-27-15-5-3-4-14(12-15)24-20(26)19-18(22)16-6-7-17(25-21(16)28-19)13-8-10-23-11-9-13/h3-12H,2,22H2,1H3,(H,24,26). The summed E-state index contributed by atoms with van der Waals surface area (Å²) in [7, 11) is 0. The predicted molar refractivity (Wildman–Crippen MR) is 113 cm³/mol. The average molecular weight is 390 g/mol. The van der Waals surface area contributed by atoms with Crippen molar-refractivity contribution in [2.75, 3.05) is 17.7 Å². The lowest BCUT2D eigenvalue weighted by Gasteiger charge is -2.07. The maximum atomic E-state index is 12.8. The second-order valence-corrected chi connectivity index (χ2v) is 7.04. The van der Waals surface area contributed by atoms with Crippen molar-refractivity contribution in [1.29, 1.82) is 0 Å². The van der Waals surface area contributed by atoms with Crippen LogP contribution in [-0.4, -0.2) is 22.5 Å². The van der Waals surface area contributed by atoms with E-state index < -0.39 is 0 Å². The number of carbonyl (C=O) groups is 1. The first-order chi connectivity index (χ1) is 13.7. The molecule has 0 bridgehead atoms. The molecule has 28 heavy (non-hydrogen) atoms. The Morgan fingerprint density at radius 1 is 1.18 bits per heavy atom. The van der Waals surface area contributed by atoms with Crippen LogP contribution < -0.4 is 15.8 Å². The number of fused-ring (bicyclic) bond motifs is 1. The Hall–Kier alpha value is -3.45. The average Bonchev–Trinajstić information content (AvgIpc) is 3.05. The third-order valence-electron chi connectivity index (χ3n) is 4.18. The highest BCUT2D eigenvalue weighted by Gasteiger charge is 2.18. The number of nitrogens with two attached hydrogens (primary N) is 1. The molecular formula is C21H18N4O2S. The molecule has 0 atom stereocenters. The van der Waals surface area contributed by atoms with Crippen LogP contribution >= 0.6 is 11.3 Å². The molecule has 0 unspecified atom stereocenters. The number of hydrogen-bond donors (Lipinski definition) is 2. The van der Waals surface area contributed by atoms with Crippen LogP contribution in [-0.2, 0) is 0 Å². The number of nitrogens with zero attached hydrogens (tertiary/aromatic N) is 2. The van der Waals surface area contributed by atoms with Crippen molar-refractivity contribution in [3.8, 4) is 17.0 Å². The SMILES string of the molecule is CCOc1cccc(NC(=O)c2sc3nc(-c4ccncc4)ccc3c2N)c1. The third-order valence-corrected chi connectivity index (χ3v) is 5.29. The van der Waals surface area contributed by atoms with Crippen molar-refractivity contribution in [1.82, 2.24) is 9.97 Å². The fraction of sp³-hybridized carbons (Fsp3) is 0.0952. The van der Waals surface area contributed by atoms with Crippen LogP contribution in [0.25, 0.3) is 21.5 Å². The summed E-state index contributed by atoms with van der Waals surface area (Å²) < 4.78 is 5.47. The van der Waals surface area contributed by atoms with E-state index >= 15 is 0 Å². The normalized spacial score (nSPS) is 10.8. The van der Waals surface area contributed by atoms with Gasteiger partial charge in [0.15, 0.2) is 0 Å². The molecule has 1 amide bonds. The van der Waals surface area contributed by atoms with Gasteiger partial charge in [0.2, 0.25) is 0 Å². The van der Waals surface area contributed by atoms with Gasteiger partial charge in [-0.15, -0.1) is 11.3 Å². The van der Waals surface area contributed by atoms with Gasteiger partial charge >= 0.3 is 0 Å². The minimum atomic E-state index is -0.264. The summed E-state index contributed by atoms with van der Waals surface area (Å²) in [4.78, 5) is 22.6. The van der Waals surface area contributed by atoms with E-state index in [1.165, 1.54) is 11.3 Å². The quantitative estimate of drug-likeness (QED) is 0.520. The number of thiophene rings is 1. The van der Waals surface area contributed by atoms with Gasteiger partial charge in [0.25, 0.3) is 5.91 Å². The Morgan fingerprint density at radius 3 is 2.79 bits per heavy atom. The zero-order valence-corrected chi connectivity index (χ0v) is 16.0. The molecule has 0 aliphatic rings. The van der Waals surface area contributed by atoms with E-state index in [1.54, 1.807) is 18.5 Å². The number of ether oxygens (including phenoxy) is 1. The molecule has 0 radical (unpaired) electrons. The molecule has 3 heterocycles. The zero-order valence-electron chi connectivity index (χ0n) is 15.2. The van der Waals surface area contributed by atoms with Gasteiger partial charge < -0.3 is 15.8 Å². The monoisotopic (exact) mass is 390 g/mol. The topological polar surface area (TPSA) is 90.1 Å². The first-order valence-corrected chi connectivity index (χ1v) is 9.61. The largest absolute Gasteiger partial charge is 0.494 e. The lowest BCUT2D eigenvalue weighted by molar-refractivity contribution is 0.103. The summed E-state index contributed by atoms with van der Waals surface area (Å²) in [5.41, 5.74) is 9.10. The van der Waals surface area contributed by atoms with Crippen LogP contribution in [0.4, 0.5) is 11.4 Å². The van der Waals surface area contributed by atoms with Crippen LogP contribution in [0.3, 0.4) is 0 Å². The van der Waals surface area contributed by atoms with Gasteiger partial charge in [-0.3, -0.25) is 9.78 Å². The van der Waals surface area contributed by atoms with Gasteiger partial charge in [-0.2, -0.15) is 0 Å². The minimum absolute atomic E-state index is 0.264. The lowest BCUT2D eigenvalue weighted by atomic mass is 10.1. The molecule has 0 aliphatic heterocycles. The highest BCUT2D eigenvalue weighted by molar-refractivity contribution is 7.21. The molecule has 4 rings (SSSR count). The molecule has 6 nitrogen and oxygen atoms in total. The summed E-state index contributed by atoms with van der Waals surface area (Å²) >= 11 is 1.28. The molecule has 4 aromatic rings. The Labute approximate surface area is 166 Å². The van der Waals surface area contributed by atoms with Crippen LogP contribution in [0.1, 0.15) is 16.6 Å². The fourth-order valence-corrected chi connectivity index (χ4v) is 3.86. The number of nitrogens with one attached hydrogen (secondary N) is 1. The molecule has 1 aromatic carbocycles. The second kappa shape index (κ2) is 7.66.